The van der Waals surface area contributed by atoms with Gasteiger partial charge in [0.25, 0.3) is 5.91 Å². The van der Waals surface area contributed by atoms with Gasteiger partial charge in [0.2, 0.25) is 0 Å². The van der Waals surface area contributed by atoms with Gasteiger partial charge in [-0.05, 0) is 79.2 Å². The van der Waals surface area contributed by atoms with Crippen LogP contribution in [0.5, 0.6) is 11.5 Å². The Morgan fingerprint density at radius 1 is 1.06 bits per heavy atom. The molecule has 1 aliphatic heterocycles. The van der Waals surface area contributed by atoms with Crippen LogP contribution in [0.3, 0.4) is 0 Å². The molecule has 35 heavy (non-hydrogen) atoms. The molecule has 178 valence electrons. The van der Waals surface area contributed by atoms with Crippen molar-refractivity contribution in [3.8, 4) is 11.5 Å². The molecule has 8 nitrogen and oxygen atoms in total. The number of benzene rings is 3. The molecule has 1 aliphatic rings. The number of nitro benzene ring substituents is 1. The van der Waals surface area contributed by atoms with Gasteiger partial charge in [-0.1, -0.05) is 24.3 Å². The number of amides is 1. The average molecular weight is 490 g/mol. The Hall–Kier alpha value is -4.24. The third kappa shape index (κ3) is 5.15. The van der Waals surface area contributed by atoms with E-state index >= 15 is 0 Å². The van der Waals surface area contributed by atoms with Crippen LogP contribution in [-0.2, 0) is 11.4 Å². The van der Waals surface area contributed by atoms with E-state index < -0.39 is 4.92 Å². The van der Waals surface area contributed by atoms with E-state index in [1.807, 2.05) is 38.1 Å². The van der Waals surface area contributed by atoms with E-state index in [2.05, 4.69) is 5.32 Å². The minimum absolute atomic E-state index is 0.0414. The van der Waals surface area contributed by atoms with Crippen molar-refractivity contribution in [2.45, 2.75) is 20.5 Å². The summed E-state index contributed by atoms with van der Waals surface area (Å²) in [6.45, 7) is 3.82. The van der Waals surface area contributed by atoms with Gasteiger partial charge < -0.3 is 14.8 Å². The molecule has 0 saturated carbocycles. The summed E-state index contributed by atoms with van der Waals surface area (Å²) in [5.74, 6) is 0.474. The highest BCUT2D eigenvalue weighted by atomic mass is 32.1. The van der Waals surface area contributed by atoms with Crippen molar-refractivity contribution in [1.82, 2.24) is 5.32 Å². The number of anilines is 1. The SMILES string of the molecule is COc1ccc(/C=C2/NC(=S)N(c3cccc(C)c3)C2=O)cc1COc1cc(C)ccc1[N+](=O)[O-]. The number of carbonyl (C=O) groups is 1. The molecule has 0 aliphatic carbocycles. The van der Waals surface area contributed by atoms with Gasteiger partial charge in [0.05, 0.1) is 17.7 Å². The smallest absolute Gasteiger partial charge is 0.310 e. The lowest BCUT2D eigenvalue weighted by molar-refractivity contribution is -0.386. The van der Waals surface area contributed by atoms with Gasteiger partial charge in [0.1, 0.15) is 18.1 Å². The summed E-state index contributed by atoms with van der Waals surface area (Å²) in [4.78, 5) is 25.4. The van der Waals surface area contributed by atoms with Gasteiger partial charge in [-0.15, -0.1) is 0 Å². The first-order valence-electron chi connectivity index (χ1n) is 10.8. The molecule has 0 atom stereocenters. The number of hydrogen-bond acceptors (Lipinski definition) is 6. The lowest BCUT2D eigenvalue weighted by Gasteiger charge is -2.14. The molecule has 3 aromatic rings. The maximum atomic E-state index is 13.1. The Kier molecular flexibility index (Phi) is 6.79. The molecule has 1 saturated heterocycles. The molecule has 0 bridgehead atoms. The van der Waals surface area contributed by atoms with E-state index in [4.69, 9.17) is 21.7 Å². The van der Waals surface area contributed by atoms with Crippen molar-refractivity contribution in [2.24, 2.45) is 0 Å². The van der Waals surface area contributed by atoms with Crippen LogP contribution < -0.4 is 19.7 Å². The monoisotopic (exact) mass is 489 g/mol. The number of aryl methyl sites for hydroxylation is 2. The molecule has 0 aromatic heterocycles. The molecule has 9 heteroatoms. The number of nitro groups is 1. The summed E-state index contributed by atoms with van der Waals surface area (Å²) >= 11 is 5.40. The van der Waals surface area contributed by atoms with Crippen LogP contribution in [0.1, 0.15) is 22.3 Å². The van der Waals surface area contributed by atoms with E-state index in [0.717, 1.165) is 11.1 Å². The van der Waals surface area contributed by atoms with Crippen molar-refractivity contribution in [2.75, 3.05) is 12.0 Å². The normalized spacial score (nSPS) is 14.3. The number of nitrogens with zero attached hydrogens (tertiary/aromatic N) is 2. The summed E-state index contributed by atoms with van der Waals surface area (Å²) in [6, 6.07) is 17.6. The zero-order valence-electron chi connectivity index (χ0n) is 19.4. The first-order chi connectivity index (χ1) is 16.8. The Labute approximate surface area is 207 Å². The molecule has 1 amide bonds. The summed E-state index contributed by atoms with van der Waals surface area (Å²) in [5, 5.41) is 14.6. The van der Waals surface area contributed by atoms with E-state index in [0.29, 0.717) is 33.4 Å². The molecular weight excluding hydrogens is 466 g/mol. The Balaban J connectivity index is 1.60. The quantitative estimate of drug-likeness (QED) is 0.215. The van der Waals surface area contributed by atoms with Crippen LogP contribution in [0.15, 0.2) is 66.4 Å². The fraction of sp³-hybridized carbons (Fsp3) is 0.154. The highest BCUT2D eigenvalue weighted by molar-refractivity contribution is 7.80. The second-order valence-electron chi connectivity index (χ2n) is 8.06. The molecule has 4 rings (SSSR count). The largest absolute Gasteiger partial charge is 0.496 e. The molecule has 0 radical (unpaired) electrons. The van der Waals surface area contributed by atoms with Crippen molar-refractivity contribution in [3.05, 3.63) is 98.7 Å². The van der Waals surface area contributed by atoms with Gasteiger partial charge in [-0.3, -0.25) is 19.8 Å². The van der Waals surface area contributed by atoms with Crippen molar-refractivity contribution in [1.29, 1.82) is 0 Å². The van der Waals surface area contributed by atoms with Crippen LogP contribution in [0, 0.1) is 24.0 Å². The second kappa shape index (κ2) is 9.94. The van der Waals surface area contributed by atoms with Crippen molar-refractivity contribution in [3.63, 3.8) is 0 Å². The van der Waals surface area contributed by atoms with E-state index in [-0.39, 0.29) is 24.0 Å². The van der Waals surface area contributed by atoms with Crippen molar-refractivity contribution < 1.29 is 19.2 Å². The van der Waals surface area contributed by atoms with Crippen LogP contribution in [0.25, 0.3) is 6.08 Å². The molecule has 0 spiro atoms. The molecule has 1 N–H and O–H groups in total. The number of nitrogens with one attached hydrogen (secondary N) is 1. The minimum Gasteiger partial charge on any atom is -0.496 e. The number of rotatable bonds is 7. The van der Waals surface area contributed by atoms with Crippen molar-refractivity contribution >= 4 is 40.7 Å². The topological polar surface area (TPSA) is 93.9 Å². The van der Waals surface area contributed by atoms with E-state index in [1.165, 1.54) is 18.1 Å². The zero-order valence-corrected chi connectivity index (χ0v) is 20.2. The number of carbonyl (C=O) groups excluding carboxylic acids is 1. The number of methoxy groups -OCH3 is 1. The number of hydrogen-bond donors (Lipinski definition) is 1. The van der Waals surface area contributed by atoms with E-state index in [1.54, 1.807) is 36.4 Å². The molecule has 0 unspecified atom stereocenters. The maximum absolute atomic E-state index is 13.1. The highest BCUT2D eigenvalue weighted by Gasteiger charge is 2.32. The summed E-state index contributed by atoms with van der Waals surface area (Å²) in [6.07, 6.45) is 1.70. The molecule has 1 fully saturated rings. The van der Waals surface area contributed by atoms with Gasteiger partial charge in [0, 0.05) is 11.6 Å². The van der Waals surface area contributed by atoms with Gasteiger partial charge >= 0.3 is 5.69 Å². The standard InChI is InChI=1S/C26H23N3O5S/c1-16-5-4-6-20(11-16)28-25(30)21(27-26(28)35)14-18-8-10-23(33-3)19(13-18)15-34-24-12-17(2)7-9-22(24)29(31)32/h4-14H,15H2,1-3H3,(H,27,35)/b21-14+. The molecular formula is C26H23N3O5S. The fourth-order valence-corrected chi connectivity index (χ4v) is 4.05. The minimum atomic E-state index is -0.479. The average Bonchev–Trinajstić information content (AvgIpc) is 3.10. The third-order valence-corrected chi connectivity index (χ3v) is 5.73. The number of ether oxygens (including phenoxy) is 2. The predicted molar refractivity (Wildman–Crippen MR) is 138 cm³/mol. The first kappa shape index (κ1) is 23.9. The number of thiocarbonyl (C=S) groups is 1. The highest BCUT2D eigenvalue weighted by Crippen LogP contribution is 2.30. The Bertz CT molecular complexity index is 1370. The second-order valence-corrected chi connectivity index (χ2v) is 8.44. The van der Waals surface area contributed by atoms with E-state index in [9.17, 15) is 14.9 Å². The Morgan fingerprint density at radius 3 is 2.54 bits per heavy atom. The lowest BCUT2D eigenvalue weighted by atomic mass is 10.1. The summed E-state index contributed by atoms with van der Waals surface area (Å²) < 4.78 is 11.2. The molecule has 1 heterocycles. The van der Waals surface area contributed by atoms with Crippen LogP contribution in [0.4, 0.5) is 11.4 Å². The van der Waals surface area contributed by atoms with Gasteiger partial charge in [-0.25, -0.2) is 0 Å². The Morgan fingerprint density at radius 2 is 1.83 bits per heavy atom. The van der Waals surface area contributed by atoms with Crippen LogP contribution in [0.2, 0.25) is 0 Å². The van der Waals surface area contributed by atoms with Crippen LogP contribution >= 0.6 is 12.2 Å². The maximum Gasteiger partial charge on any atom is 0.310 e. The van der Waals surface area contributed by atoms with Crippen LogP contribution in [-0.4, -0.2) is 23.1 Å². The van der Waals surface area contributed by atoms with Gasteiger partial charge in [-0.2, -0.15) is 0 Å². The molecule has 3 aromatic carbocycles. The first-order valence-corrected chi connectivity index (χ1v) is 11.2. The predicted octanol–water partition coefficient (Wildman–Crippen LogP) is 5.06. The lowest BCUT2D eigenvalue weighted by Crippen LogP contribution is -2.30. The summed E-state index contributed by atoms with van der Waals surface area (Å²) in [5.41, 5.74) is 4.16. The van der Waals surface area contributed by atoms with Gasteiger partial charge in [0.15, 0.2) is 10.9 Å². The fourth-order valence-electron chi connectivity index (χ4n) is 3.75. The third-order valence-electron chi connectivity index (χ3n) is 5.45. The summed E-state index contributed by atoms with van der Waals surface area (Å²) in [7, 11) is 1.53. The zero-order chi connectivity index (χ0) is 25.1.